The molecule has 0 aromatic rings. The van der Waals surface area contributed by atoms with Crippen LogP contribution in [0, 0.1) is 17.8 Å². The first-order chi connectivity index (χ1) is 6.66. The maximum atomic E-state index is 5.75. The monoisotopic (exact) mass is 213 g/mol. The Labute approximate surface area is 91.9 Å². The maximum absolute atomic E-state index is 5.75. The number of fused-ring (bicyclic) bond motifs is 2. The van der Waals surface area contributed by atoms with Crippen LogP contribution in [0.15, 0.2) is 11.6 Å². The van der Waals surface area contributed by atoms with Crippen LogP contribution in [-0.2, 0) is 0 Å². The highest BCUT2D eigenvalue weighted by atomic mass is 35.5. The second kappa shape index (κ2) is 4.24. The Kier molecular flexibility index (Phi) is 3.18. The first-order valence-electron chi connectivity index (χ1n) is 5.73. The lowest BCUT2D eigenvalue weighted by Crippen LogP contribution is -2.36. The molecule has 0 aliphatic heterocycles. The van der Waals surface area contributed by atoms with Crippen LogP contribution in [0.5, 0.6) is 0 Å². The van der Waals surface area contributed by atoms with Gasteiger partial charge in [-0.1, -0.05) is 24.6 Å². The minimum atomic E-state index is 0.612. The van der Waals surface area contributed by atoms with Crippen LogP contribution < -0.4 is 5.32 Å². The molecule has 0 saturated heterocycles. The van der Waals surface area contributed by atoms with Crippen molar-refractivity contribution in [2.45, 2.75) is 38.6 Å². The predicted octanol–water partition coefficient (Wildman–Crippen LogP) is 3.15. The summed E-state index contributed by atoms with van der Waals surface area (Å²) in [4.78, 5) is 0. The van der Waals surface area contributed by atoms with Crippen molar-refractivity contribution in [1.29, 1.82) is 0 Å². The SMILES string of the molecule is C=C(Cl)CNC(C)C1CC2CCC1C2. The second-order valence-electron chi connectivity index (χ2n) is 5.03. The summed E-state index contributed by atoms with van der Waals surface area (Å²) in [6, 6.07) is 0.612. The van der Waals surface area contributed by atoms with Gasteiger partial charge in [-0.05, 0) is 43.9 Å². The van der Waals surface area contributed by atoms with Gasteiger partial charge in [0.1, 0.15) is 0 Å². The molecule has 2 aliphatic carbocycles. The van der Waals surface area contributed by atoms with Crippen LogP contribution in [0.3, 0.4) is 0 Å². The van der Waals surface area contributed by atoms with E-state index in [0.29, 0.717) is 6.04 Å². The number of hydrogen-bond acceptors (Lipinski definition) is 1. The molecule has 2 fully saturated rings. The molecule has 0 aromatic carbocycles. The summed E-state index contributed by atoms with van der Waals surface area (Å²) in [5.41, 5.74) is 0. The fourth-order valence-electron chi connectivity index (χ4n) is 3.33. The van der Waals surface area contributed by atoms with Crippen LogP contribution in [0.25, 0.3) is 0 Å². The molecule has 1 N–H and O–H groups in total. The summed E-state index contributed by atoms with van der Waals surface area (Å²) in [6.45, 7) is 6.76. The van der Waals surface area contributed by atoms with Gasteiger partial charge in [-0.15, -0.1) is 0 Å². The molecule has 0 amide bonds. The zero-order valence-electron chi connectivity index (χ0n) is 8.93. The highest BCUT2D eigenvalue weighted by Crippen LogP contribution is 2.49. The van der Waals surface area contributed by atoms with Crippen molar-refractivity contribution >= 4 is 11.6 Å². The number of halogens is 1. The van der Waals surface area contributed by atoms with Gasteiger partial charge in [0.25, 0.3) is 0 Å². The van der Waals surface area contributed by atoms with Gasteiger partial charge in [-0.2, -0.15) is 0 Å². The molecule has 4 atom stereocenters. The summed E-state index contributed by atoms with van der Waals surface area (Å²) >= 11 is 5.75. The van der Waals surface area contributed by atoms with Crippen molar-refractivity contribution in [2.24, 2.45) is 17.8 Å². The number of hydrogen-bond donors (Lipinski definition) is 1. The van der Waals surface area contributed by atoms with Gasteiger partial charge >= 0.3 is 0 Å². The normalized spacial score (nSPS) is 37.4. The summed E-state index contributed by atoms with van der Waals surface area (Å²) in [6.07, 6.45) is 5.87. The van der Waals surface area contributed by atoms with E-state index in [1.54, 1.807) is 0 Å². The average Bonchev–Trinajstić information content (AvgIpc) is 2.74. The van der Waals surface area contributed by atoms with Crippen molar-refractivity contribution < 1.29 is 0 Å². The summed E-state index contributed by atoms with van der Waals surface area (Å²) in [5, 5.41) is 4.20. The largest absolute Gasteiger partial charge is 0.309 e. The van der Waals surface area contributed by atoms with Crippen molar-refractivity contribution in [2.75, 3.05) is 6.54 Å². The summed E-state index contributed by atoms with van der Waals surface area (Å²) in [5.74, 6) is 2.92. The molecular weight excluding hydrogens is 194 g/mol. The zero-order valence-corrected chi connectivity index (χ0v) is 9.69. The Hall–Kier alpha value is -0.0100. The standard InChI is InChI=1S/C12H20ClN/c1-8(13)7-14-9(2)12-6-10-3-4-11(12)5-10/h9-12,14H,1,3-7H2,2H3. The van der Waals surface area contributed by atoms with E-state index in [4.69, 9.17) is 11.6 Å². The van der Waals surface area contributed by atoms with E-state index in [9.17, 15) is 0 Å². The number of nitrogens with one attached hydrogen (secondary N) is 1. The van der Waals surface area contributed by atoms with Gasteiger partial charge in [-0.3, -0.25) is 0 Å². The maximum Gasteiger partial charge on any atom is 0.0310 e. The van der Waals surface area contributed by atoms with Crippen molar-refractivity contribution in [3.63, 3.8) is 0 Å². The van der Waals surface area contributed by atoms with Gasteiger partial charge in [0.15, 0.2) is 0 Å². The van der Waals surface area contributed by atoms with Gasteiger partial charge < -0.3 is 5.32 Å². The van der Waals surface area contributed by atoms with Gasteiger partial charge in [-0.25, -0.2) is 0 Å². The molecule has 2 rings (SSSR count). The molecule has 4 unspecified atom stereocenters. The zero-order chi connectivity index (χ0) is 10.1. The Morgan fingerprint density at radius 3 is 2.79 bits per heavy atom. The van der Waals surface area contributed by atoms with Crippen LogP contribution in [0.4, 0.5) is 0 Å². The van der Waals surface area contributed by atoms with Crippen molar-refractivity contribution in [1.82, 2.24) is 5.32 Å². The third kappa shape index (κ3) is 2.14. The molecule has 2 heteroatoms. The Morgan fingerprint density at radius 2 is 2.29 bits per heavy atom. The van der Waals surface area contributed by atoms with E-state index in [0.717, 1.165) is 29.3 Å². The van der Waals surface area contributed by atoms with Crippen molar-refractivity contribution in [3.05, 3.63) is 11.6 Å². The Morgan fingerprint density at radius 1 is 1.50 bits per heavy atom. The average molecular weight is 214 g/mol. The highest BCUT2D eigenvalue weighted by Gasteiger charge is 2.41. The molecule has 0 heterocycles. The molecule has 2 aliphatic rings. The summed E-state index contributed by atoms with van der Waals surface area (Å²) < 4.78 is 0. The molecular formula is C12H20ClN. The predicted molar refractivity (Wildman–Crippen MR) is 61.4 cm³/mol. The second-order valence-corrected chi connectivity index (χ2v) is 5.56. The minimum Gasteiger partial charge on any atom is -0.309 e. The Balaban J connectivity index is 1.80. The first-order valence-corrected chi connectivity index (χ1v) is 6.11. The third-order valence-corrected chi connectivity index (χ3v) is 4.18. The molecule has 14 heavy (non-hydrogen) atoms. The van der Waals surface area contributed by atoms with Gasteiger partial charge in [0.2, 0.25) is 0 Å². The van der Waals surface area contributed by atoms with Crippen LogP contribution in [0.2, 0.25) is 0 Å². The van der Waals surface area contributed by atoms with Crippen LogP contribution in [0.1, 0.15) is 32.6 Å². The number of rotatable bonds is 4. The van der Waals surface area contributed by atoms with E-state index in [1.807, 2.05) is 0 Å². The molecule has 0 spiro atoms. The molecule has 2 saturated carbocycles. The van der Waals surface area contributed by atoms with E-state index in [1.165, 1.54) is 25.7 Å². The molecule has 80 valence electrons. The van der Waals surface area contributed by atoms with E-state index in [2.05, 4.69) is 18.8 Å². The fraction of sp³-hybridized carbons (Fsp3) is 0.833. The molecule has 2 bridgehead atoms. The third-order valence-electron chi connectivity index (χ3n) is 4.05. The van der Waals surface area contributed by atoms with Gasteiger partial charge in [0, 0.05) is 17.6 Å². The molecule has 0 radical (unpaired) electrons. The smallest absolute Gasteiger partial charge is 0.0310 e. The lowest BCUT2D eigenvalue weighted by molar-refractivity contribution is 0.265. The molecule has 1 nitrogen and oxygen atoms in total. The van der Waals surface area contributed by atoms with Crippen molar-refractivity contribution in [3.8, 4) is 0 Å². The Bertz CT molecular complexity index is 226. The lowest BCUT2D eigenvalue weighted by Gasteiger charge is -2.28. The minimum absolute atomic E-state index is 0.612. The first kappa shape index (κ1) is 10.5. The fourth-order valence-corrected chi connectivity index (χ4v) is 3.41. The van der Waals surface area contributed by atoms with Crippen LogP contribution in [-0.4, -0.2) is 12.6 Å². The van der Waals surface area contributed by atoms with E-state index < -0.39 is 0 Å². The lowest BCUT2D eigenvalue weighted by atomic mass is 9.84. The van der Waals surface area contributed by atoms with Gasteiger partial charge in [0.05, 0.1) is 0 Å². The van der Waals surface area contributed by atoms with Crippen LogP contribution >= 0.6 is 11.6 Å². The van der Waals surface area contributed by atoms with E-state index in [-0.39, 0.29) is 0 Å². The topological polar surface area (TPSA) is 12.0 Å². The highest BCUT2D eigenvalue weighted by molar-refractivity contribution is 6.29. The van der Waals surface area contributed by atoms with E-state index >= 15 is 0 Å². The quantitative estimate of drug-likeness (QED) is 0.757. The molecule has 0 aromatic heterocycles. The summed E-state index contributed by atoms with van der Waals surface area (Å²) in [7, 11) is 0.